The van der Waals surface area contributed by atoms with E-state index in [0.29, 0.717) is 31.1 Å². The van der Waals surface area contributed by atoms with Crippen molar-refractivity contribution in [2.45, 2.75) is 0 Å². The van der Waals surface area contributed by atoms with E-state index >= 15 is 0 Å². The van der Waals surface area contributed by atoms with E-state index in [2.05, 4.69) is 16.8 Å². The van der Waals surface area contributed by atoms with Gasteiger partial charge in [-0.25, -0.2) is 0 Å². The molecule has 6 heteroatoms. The Morgan fingerprint density at radius 3 is 2.67 bits per heavy atom. The first-order valence-electron chi connectivity index (χ1n) is 7.21. The molecular weight excluding hydrogens is 272 g/mol. The van der Waals surface area contributed by atoms with Crippen molar-refractivity contribution in [3.8, 4) is 17.2 Å². The maximum Gasteiger partial charge on any atom is 0.204 e. The summed E-state index contributed by atoms with van der Waals surface area (Å²) in [5.41, 5.74) is 0.304. The molecule has 1 aromatic rings. The predicted octanol–water partition coefficient (Wildman–Crippen LogP) is 0.593. The minimum Gasteiger partial charge on any atom is -0.504 e. The van der Waals surface area contributed by atoms with E-state index in [-0.39, 0.29) is 17.3 Å². The average molecular weight is 292 g/mol. The molecule has 0 amide bonds. The number of fused-ring (bicyclic) bond motifs is 1. The minimum atomic E-state index is -0.105. The van der Waals surface area contributed by atoms with Crippen LogP contribution in [0.25, 0.3) is 0 Å². The first kappa shape index (κ1) is 14.2. The van der Waals surface area contributed by atoms with Crippen LogP contribution in [0.15, 0.2) is 12.1 Å². The summed E-state index contributed by atoms with van der Waals surface area (Å²) in [7, 11) is 2.08. The van der Waals surface area contributed by atoms with E-state index in [1.807, 2.05) is 0 Å². The number of likely N-dealkylation sites (N-methyl/N-ethyl adjacent to an activating group) is 1. The molecule has 1 N–H and O–H groups in total. The number of aromatic hydroxyl groups is 1. The van der Waals surface area contributed by atoms with Gasteiger partial charge in [-0.05, 0) is 19.2 Å². The molecule has 0 bridgehead atoms. The molecule has 0 aromatic heterocycles. The molecule has 1 saturated heterocycles. The Kier molecular flexibility index (Phi) is 3.98. The number of ether oxygens (including phenoxy) is 2. The molecule has 2 aliphatic rings. The molecule has 2 aliphatic heterocycles. The van der Waals surface area contributed by atoms with Gasteiger partial charge in [-0.15, -0.1) is 0 Å². The van der Waals surface area contributed by atoms with Crippen molar-refractivity contribution in [3.63, 3.8) is 0 Å². The van der Waals surface area contributed by atoms with Crippen LogP contribution in [0.4, 0.5) is 0 Å². The number of nitrogens with zero attached hydrogens (tertiary/aromatic N) is 2. The van der Waals surface area contributed by atoms with Gasteiger partial charge >= 0.3 is 0 Å². The molecule has 1 aromatic carbocycles. The molecular formula is C15H20N2O4. The number of rotatable bonds is 3. The third kappa shape index (κ3) is 2.96. The van der Waals surface area contributed by atoms with E-state index in [9.17, 15) is 9.90 Å². The Balaban J connectivity index is 1.73. The molecule has 0 spiro atoms. The number of benzene rings is 1. The van der Waals surface area contributed by atoms with Crippen molar-refractivity contribution in [1.29, 1.82) is 0 Å². The molecule has 0 unspecified atom stereocenters. The number of hydrogen-bond acceptors (Lipinski definition) is 6. The predicted molar refractivity (Wildman–Crippen MR) is 77.4 cm³/mol. The molecule has 1 fully saturated rings. The zero-order valence-corrected chi connectivity index (χ0v) is 12.2. The Morgan fingerprint density at radius 1 is 1.19 bits per heavy atom. The number of piperazine rings is 1. The summed E-state index contributed by atoms with van der Waals surface area (Å²) < 4.78 is 10.8. The van der Waals surface area contributed by atoms with Crippen LogP contribution in [0.2, 0.25) is 0 Å². The van der Waals surface area contributed by atoms with Crippen LogP contribution < -0.4 is 9.47 Å². The van der Waals surface area contributed by atoms with Crippen LogP contribution >= 0.6 is 0 Å². The van der Waals surface area contributed by atoms with Gasteiger partial charge in [-0.2, -0.15) is 0 Å². The quantitative estimate of drug-likeness (QED) is 0.823. The molecule has 0 aliphatic carbocycles. The van der Waals surface area contributed by atoms with E-state index < -0.39 is 0 Å². The highest BCUT2D eigenvalue weighted by atomic mass is 16.6. The summed E-state index contributed by atoms with van der Waals surface area (Å²) in [6.07, 6.45) is 0. The summed E-state index contributed by atoms with van der Waals surface area (Å²) in [6.45, 7) is 4.82. The highest BCUT2D eigenvalue weighted by Gasteiger charge is 2.24. The van der Waals surface area contributed by atoms with Gasteiger partial charge in [0.05, 0.1) is 12.1 Å². The summed E-state index contributed by atoms with van der Waals surface area (Å²) in [5, 5.41) is 10.2. The van der Waals surface area contributed by atoms with Gasteiger partial charge in [-0.3, -0.25) is 9.69 Å². The van der Waals surface area contributed by atoms with E-state index in [4.69, 9.17) is 9.47 Å². The first-order valence-corrected chi connectivity index (χ1v) is 7.21. The summed E-state index contributed by atoms with van der Waals surface area (Å²) >= 11 is 0. The standard InChI is InChI=1S/C15H20N2O4/c1-16-4-6-17(7-5-16)10-12(18)11-2-3-13-15(14(11)19)21-9-8-20-13/h2-3,19H,4-10H2,1H3. The van der Waals surface area contributed by atoms with Crippen LogP contribution in [-0.4, -0.2) is 73.7 Å². The fraction of sp³-hybridized carbons (Fsp3) is 0.533. The normalized spacial score (nSPS) is 19.5. The lowest BCUT2D eigenvalue weighted by atomic mass is 10.1. The lowest BCUT2D eigenvalue weighted by Crippen LogP contribution is -2.46. The highest BCUT2D eigenvalue weighted by Crippen LogP contribution is 2.41. The van der Waals surface area contributed by atoms with Gasteiger partial charge in [0, 0.05) is 26.2 Å². The van der Waals surface area contributed by atoms with Crippen molar-refractivity contribution in [3.05, 3.63) is 17.7 Å². The highest BCUT2D eigenvalue weighted by molar-refractivity contribution is 6.01. The largest absolute Gasteiger partial charge is 0.504 e. The Morgan fingerprint density at radius 2 is 1.90 bits per heavy atom. The third-order valence-corrected chi connectivity index (χ3v) is 3.95. The minimum absolute atomic E-state index is 0.0889. The van der Waals surface area contributed by atoms with Crippen molar-refractivity contribution in [1.82, 2.24) is 9.80 Å². The van der Waals surface area contributed by atoms with E-state index in [1.165, 1.54) is 0 Å². The lowest BCUT2D eigenvalue weighted by Gasteiger charge is -2.31. The van der Waals surface area contributed by atoms with Gasteiger partial charge in [0.15, 0.2) is 17.3 Å². The Labute approximate surface area is 123 Å². The van der Waals surface area contributed by atoms with Crippen LogP contribution in [-0.2, 0) is 0 Å². The Bertz CT molecular complexity index is 539. The second kappa shape index (κ2) is 5.91. The average Bonchev–Trinajstić information content (AvgIpc) is 2.50. The molecule has 0 saturated carbocycles. The van der Waals surface area contributed by atoms with E-state index in [1.54, 1.807) is 12.1 Å². The van der Waals surface area contributed by atoms with Gasteiger partial charge in [0.1, 0.15) is 13.2 Å². The first-order chi connectivity index (χ1) is 10.1. The number of Topliss-reactive ketones (excluding diaryl/α,β-unsaturated/α-hetero) is 1. The van der Waals surface area contributed by atoms with Crippen molar-refractivity contribution in [2.75, 3.05) is 53.0 Å². The van der Waals surface area contributed by atoms with Crippen LogP contribution in [0.3, 0.4) is 0 Å². The maximum atomic E-state index is 12.4. The second-order valence-corrected chi connectivity index (χ2v) is 5.49. The zero-order valence-electron chi connectivity index (χ0n) is 12.2. The molecule has 21 heavy (non-hydrogen) atoms. The zero-order chi connectivity index (χ0) is 14.8. The van der Waals surface area contributed by atoms with Gasteiger partial charge in [0.25, 0.3) is 0 Å². The molecule has 0 atom stereocenters. The third-order valence-electron chi connectivity index (χ3n) is 3.95. The van der Waals surface area contributed by atoms with Crippen molar-refractivity contribution >= 4 is 5.78 Å². The number of ketones is 1. The molecule has 0 radical (unpaired) electrons. The van der Waals surface area contributed by atoms with Crippen molar-refractivity contribution in [2.24, 2.45) is 0 Å². The molecule has 2 heterocycles. The number of carbonyl (C=O) groups is 1. The summed E-state index contributed by atoms with van der Waals surface area (Å²) in [6, 6.07) is 3.30. The topological polar surface area (TPSA) is 62.2 Å². The number of carbonyl (C=O) groups excluding carboxylic acids is 1. The van der Waals surface area contributed by atoms with Crippen molar-refractivity contribution < 1.29 is 19.4 Å². The van der Waals surface area contributed by atoms with Crippen LogP contribution in [0, 0.1) is 0 Å². The smallest absolute Gasteiger partial charge is 0.204 e. The van der Waals surface area contributed by atoms with E-state index in [0.717, 1.165) is 26.2 Å². The van der Waals surface area contributed by atoms with Gasteiger partial charge in [0.2, 0.25) is 5.75 Å². The summed E-state index contributed by atoms with van der Waals surface area (Å²) in [4.78, 5) is 16.7. The Hall–Kier alpha value is -1.79. The van der Waals surface area contributed by atoms with Gasteiger partial charge in [-0.1, -0.05) is 0 Å². The van der Waals surface area contributed by atoms with Gasteiger partial charge < -0.3 is 19.5 Å². The lowest BCUT2D eigenvalue weighted by molar-refractivity contribution is 0.0872. The fourth-order valence-corrected chi connectivity index (χ4v) is 2.62. The van der Waals surface area contributed by atoms with Crippen LogP contribution in [0.5, 0.6) is 17.2 Å². The maximum absolute atomic E-state index is 12.4. The second-order valence-electron chi connectivity index (χ2n) is 5.49. The number of phenolic OH excluding ortho intramolecular Hbond substituents is 1. The number of phenols is 1. The molecule has 3 rings (SSSR count). The molecule has 6 nitrogen and oxygen atoms in total. The fourth-order valence-electron chi connectivity index (χ4n) is 2.62. The number of hydrogen-bond donors (Lipinski definition) is 1. The van der Waals surface area contributed by atoms with Crippen LogP contribution in [0.1, 0.15) is 10.4 Å². The monoisotopic (exact) mass is 292 g/mol. The summed E-state index contributed by atoms with van der Waals surface area (Å²) in [5.74, 6) is 0.584. The molecule has 114 valence electrons. The SMILES string of the molecule is CN1CCN(CC(=O)c2ccc3c(c2O)OCCO3)CC1.